The van der Waals surface area contributed by atoms with E-state index < -0.39 is 11.7 Å². The fourth-order valence-electron chi connectivity index (χ4n) is 2.10. The maximum Gasteiger partial charge on any atom is 0.407 e. The van der Waals surface area contributed by atoms with Crippen LogP contribution >= 0.6 is 15.9 Å². The lowest BCUT2D eigenvalue weighted by molar-refractivity contribution is 0.0524. The number of nitrogens with one attached hydrogen (secondary N) is 2. The Balaban J connectivity index is 2.07. The van der Waals surface area contributed by atoms with Gasteiger partial charge < -0.3 is 20.8 Å². The highest BCUT2D eigenvalue weighted by Gasteiger charge is 2.19. The second kappa shape index (κ2) is 6.07. The molecular formula is C15H20BrN3O2. The van der Waals surface area contributed by atoms with E-state index in [1.165, 1.54) is 0 Å². The molecule has 6 heteroatoms. The predicted molar refractivity (Wildman–Crippen MR) is 87.2 cm³/mol. The second-order valence-electron chi connectivity index (χ2n) is 5.89. The smallest absolute Gasteiger partial charge is 0.407 e. The Hall–Kier alpha value is -1.53. The molecule has 0 saturated heterocycles. The number of amides is 1. The summed E-state index contributed by atoms with van der Waals surface area (Å²) in [6, 6.07) is 7.57. The van der Waals surface area contributed by atoms with Crippen LogP contribution in [0.4, 0.5) is 4.79 Å². The number of fused-ring (bicyclic) bond motifs is 1. The Labute approximate surface area is 132 Å². The van der Waals surface area contributed by atoms with Crippen molar-refractivity contribution < 1.29 is 9.53 Å². The molecule has 114 valence electrons. The van der Waals surface area contributed by atoms with Crippen LogP contribution in [0.1, 0.15) is 32.4 Å². The molecule has 1 amide bonds. The third-order valence-corrected chi connectivity index (χ3v) is 3.56. The number of alkyl carbamates (subject to hydrolysis) is 1. The number of hydrogen-bond acceptors (Lipinski definition) is 3. The van der Waals surface area contributed by atoms with Gasteiger partial charge in [0.15, 0.2) is 0 Å². The molecule has 0 aliphatic heterocycles. The van der Waals surface area contributed by atoms with Crippen LogP contribution in [0.15, 0.2) is 28.9 Å². The number of halogens is 1. The summed E-state index contributed by atoms with van der Waals surface area (Å²) in [4.78, 5) is 14.9. The quantitative estimate of drug-likeness (QED) is 0.790. The Bertz CT molecular complexity index is 646. The predicted octanol–water partition coefficient (Wildman–Crippen LogP) is 3.45. The van der Waals surface area contributed by atoms with Gasteiger partial charge in [-0.05, 0) is 42.8 Å². The first kappa shape index (κ1) is 15.9. The highest BCUT2D eigenvalue weighted by atomic mass is 79.9. The molecule has 0 fully saturated rings. The van der Waals surface area contributed by atoms with E-state index in [-0.39, 0.29) is 6.04 Å². The first-order valence-corrected chi connectivity index (χ1v) is 7.56. The van der Waals surface area contributed by atoms with Gasteiger partial charge in [-0.1, -0.05) is 18.2 Å². The maximum absolute atomic E-state index is 11.7. The molecule has 1 heterocycles. The van der Waals surface area contributed by atoms with Crippen LogP contribution in [0, 0.1) is 0 Å². The highest BCUT2D eigenvalue weighted by molar-refractivity contribution is 9.10. The molecule has 0 saturated carbocycles. The maximum atomic E-state index is 11.7. The molecule has 0 spiro atoms. The summed E-state index contributed by atoms with van der Waals surface area (Å²) in [5.74, 6) is 0. The number of carbonyl (C=O) groups excluding carboxylic acids is 1. The number of H-pyrrole nitrogens is 1. The molecule has 1 aromatic heterocycles. The number of para-hydroxylation sites is 1. The van der Waals surface area contributed by atoms with E-state index in [9.17, 15) is 4.79 Å². The van der Waals surface area contributed by atoms with Gasteiger partial charge in [-0.15, -0.1) is 0 Å². The Morgan fingerprint density at radius 3 is 2.76 bits per heavy atom. The van der Waals surface area contributed by atoms with Crippen molar-refractivity contribution in [3.8, 4) is 0 Å². The normalized spacial score (nSPS) is 13.2. The summed E-state index contributed by atoms with van der Waals surface area (Å²) in [6.45, 7) is 5.77. The highest BCUT2D eigenvalue weighted by Crippen LogP contribution is 2.30. The standard InChI is InChI=1S/C15H20BrN3O2/c1-15(2,3)21-14(20)18-8-10(17)12-9-6-4-5-7-11(9)19-13(12)16/h4-7,10,19H,8,17H2,1-3H3,(H,18,20). The van der Waals surface area contributed by atoms with E-state index in [2.05, 4.69) is 26.2 Å². The summed E-state index contributed by atoms with van der Waals surface area (Å²) in [5, 5.41) is 3.74. The SMILES string of the molecule is CC(C)(C)OC(=O)NCC(N)c1c(Br)[nH]c2ccccc12. The third kappa shape index (κ3) is 3.98. The minimum atomic E-state index is -0.518. The van der Waals surface area contributed by atoms with Crippen molar-refractivity contribution in [3.05, 3.63) is 34.4 Å². The van der Waals surface area contributed by atoms with Gasteiger partial charge in [0.2, 0.25) is 0 Å². The molecule has 1 aromatic carbocycles. The van der Waals surface area contributed by atoms with Crippen LogP contribution < -0.4 is 11.1 Å². The van der Waals surface area contributed by atoms with Crippen LogP contribution in [0.2, 0.25) is 0 Å². The molecule has 2 rings (SSSR count). The van der Waals surface area contributed by atoms with Crippen LogP contribution in [-0.4, -0.2) is 23.2 Å². The Kier molecular flexibility index (Phi) is 4.58. The lowest BCUT2D eigenvalue weighted by Crippen LogP contribution is -2.36. The zero-order chi connectivity index (χ0) is 15.6. The van der Waals surface area contributed by atoms with E-state index in [1.54, 1.807) is 0 Å². The largest absolute Gasteiger partial charge is 0.444 e. The summed E-state index contributed by atoms with van der Waals surface area (Å²) in [6.07, 6.45) is -0.464. The van der Waals surface area contributed by atoms with Gasteiger partial charge in [0.25, 0.3) is 0 Å². The summed E-state index contributed by atoms with van der Waals surface area (Å²) in [5.41, 5.74) is 7.63. The number of ether oxygens (including phenoxy) is 1. The van der Waals surface area contributed by atoms with Crippen molar-refractivity contribution in [2.75, 3.05) is 6.54 Å². The fourth-order valence-corrected chi connectivity index (χ4v) is 2.82. The molecule has 0 aliphatic carbocycles. The molecule has 0 bridgehead atoms. The van der Waals surface area contributed by atoms with Crippen LogP contribution in [0.3, 0.4) is 0 Å². The van der Waals surface area contributed by atoms with Crippen molar-refractivity contribution in [2.45, 2.75) is 32.4 Å². The van der Waals surface area contributed by atoms with Gasteiger partial charge in [-0.2, -0.15) is 0 Å². The molecular weight excluding hydrogens is 334 g/mol. The van der Waals surface area contributed by atoms with E-state index in [0.717, 1.165) is 21.1 Å². The van der Waals surface area contributed by atoms with Crippen molar-refractivity contribution >= 4 is 32.9 Å². The average molecular weight is 354 g/mol. The topological polar surface area (TPSA) is 80.1 Å². The van der Waals surface area contributed by atoms with Crippen molar-refractivity contribution in [1.82, 2.24) is 10.3 Å². The van der Waals surface area contributed by atoms with Gasteiger partial charge in [0.05, 0.1) is 10.6 Å². The van der Waals surface area contributed by atoms with Gasteiger partial charge in [-0.25, -0.2) is 4.79 Å². The van der Waals surface area contributed by atoms with Crippen LogP contribution in [0.5, 0.6) is 0 Å². The molecule has 21 heavy (non-hydrogen) atoms. The Morgan fingerprint density at radius 1 is 1.43 bits per heavy atom. The molecule has 0 radical (unpaired) electrons. The minimum Gasteiger partial charge on any atom is -0.444 e. The zero-order valence-corrected chi connectivity index (χ0v) is 14.0. The lowest BCUT2D eigenvalue weighted by atomic mass is 10.1. The number of nitrogens with two attached hydrogens (primary N) is 1. The number of hydrogen-bond donors (Lipinski definition) is 3. The van der Waals surface area contributed by atoms with Crippen LogP contribution in [-0.2, 0) is 4.74 Å². The van der Waals surface area contributed by atoms with Gasteiger partial charge in [0.1, 0.15) is 5.60 Å². The summed E-state index contributed by atoms with van der Waals surface area (Å²) >= 11 is 3.49. The minimum absolute atomic E-state index is 0.301. The van der Waals surface area contributed by atoms with Gasteiger partial charge in [-0.3, -0.25) is 0 Å². The average Bonchev–Trinajstić information content (AvgIpc) is 2.70. The van der Waals surface area contributed by atoms with Crippen molar-refractivity contribution in [2.24, 2.45) is 5.73 Å². The molecule has 1 unspecified atom stereocenters. The monoisotopic (exact) mass is 353 g/mol. The number of rotatable bonds is 3. The lowest BCUT2D eigenvalue weighted by Gasteiger charge is -2.21. The first-order valence-electron chi connectivity index (χ1n) is 6.76. The summed E-state index contributed by atoms with van der Waals surface area (Å²) < 4.78 is 6.03. The van der Waals surface area contributed by atoms with E-state index in [0.29, 0.717) is 6.54 Å². The van der Waals surface area contributed by atoms with E-state index in [1.807, 2.05) is 45.0 Å². The van der Waals surface area contributed by atoms with E-state index >= 15 is 0 Å². The first-order chi connectivity index (χ1) is 9.78. The second-order valence-corrected chi connectivity index (χ2v) is 6.68. The number of aromatic nitrogens is 1. The zero-order valence-electron chi connectivity index (χ0n) is 12.4. The Morgan fingerprint density at radius 2 is 2.10 bits per heavy atom. The number of carbonyl (C=O) groups is 1. The molecule has 1 atom stereocenters. The van der Waals surface area contributed by atoms with Crippen LogP contribution in [0.25, 0.3) is 10.9 Å². The molecule has 0 aliphatic rings. The fraction of sp³-hybridized carbons (Fsp3) is 0.400. The van der Waals surface area contributed by atoms with Gasteiger partial charge >= 0.3 is 6.09 Å². The molecule has 2 aromatic rings. The van der Waals surface area contributed by atoms with E-state index in [4.69, 9.17) is 10.5 Å². The molecule has 4 N–H and O–H groups in total. The van der Waals surface area contributed by atoms with Crippen molar-refractivity contribution in [3.63, 3.8) is 0 Å². The molecule has 5 nitrogen and oxygen atoms in total. The van der Waals surface area contributed by atoms with Crippen molar-refractivity contribution in [1.29, 1.82) is 0 Å². The van der Waals surface area contributed by atoms with Gasteiger partial charge in [0, 0.05) is 23.0 Å². The third-order valence-electron chi connectivity index (χ3n) is 2.93. The number of aromatic amines is 1. The summed E-state index contributed by atoms with van der Waals surface area (Å²) in [7, 11) is 0. The number of benzene rings is 1.